The van der Waals surface area contributed by atoms with E-state index in [0.717, 1.165) is 17.8 Å². The van der Waals surface area contributed by atoms with E-state index in [9.17, 15) is 0 Å². The van der Waals surface area contributed by atoms with E-state index in [1.165, 1.54) is 0 Å². The van der Waals surface area contributed by atoms with E-state index in [1.807, 2.05) is 31.2 Å². The monoisotopic (exact) mass is 133 g/mol. The molecule has 0 spiro atoms. The molecular weight excluding hydrogens is 122 g/mol. The molecule has 1 rings (SSSR count). The summed E-state index contributed by atoms with van der Waals surface area (Å²) in [6.07, 6.45) is 7.89. The number of allylic oxidation sites excluding steroid dienone is 5. The standard InChI is InChI=1S/C9H11N/c1-3-10-9-7-5-4-6-8(9)2/h4-7H,2-3H2,1H3. The van der Waals surface area contributed by atoms with Crippen LogP contribution in [0.2, 0.25) is 0 Å². The zero-order chi connectivity index (χ0) is 7.40. The van der Waals surface area contributed by atoms with E-state index >= 15 is 0 Å². The number of aliphatic imine (C=N–C) groups is 1. The minimum absolute atomic E-state index is 0.826. The van der Waals surface area contributed by atoms with Crippen LogP contribution in [0, 0.1) is 0 Å². The van der Waals surface area contributed by atoms with Crippen molar-refractivity contribution in [3.63, 3.8) is 0 Å². The molecule has 0 radical (unpaired) electrons. The molecule has 1 aliphatic rings. The Kier molecular flexibility index (Phi) is 2.21. The Morgan fingerprint density at radius 1 is 1.40 bits per heavy atom. The second-order valence-electron chi connectivity index (χ2n) is 2.10. The largest absolute Gasteiger partial charge is 0.285 e. The first kappa shape index (κ1) is 7.00. The SMILES string of the molecule is C=C1C=CC=CC1=NCC. The smallest absolute Gasteiger partial charge is 0.0640 e. The average Bonchev–Trinajstić information content (AvgIpc) is 1.94. The summed E-state index contributed by atoms with van der Waals surface area (Å²) in [6.45, 7) is 6.69. The topological polar surface area (TPSA) is 12.4 Å². The number of rotatable bonds is 1. The molecule has 1 heteroatoms. The zero-order valence-electron chi connectivity index (χ0n) is 6.17. The summed E-state index contributed by atoms with van der Waals surface area (Å²) in [7, 11) is 0. The van der Waals surface area contributed by atoms with Gasteiger partial charge in [0, 0.05) is 6.54 Å². The molecule has 0 unspecified atom stereocenters. The van der Waals surface area contributed by atoms with Gasteiger partial charge < -0.3 is 0 Å². The maximum atomic E-state index is 4.24. The Hall–Kier alpha value is -1.11. The highest BCUT2D eigenvalue weighted by Crippen LogP contribution is 2.04. The molecule has 52 valence electrons. The Balaban J connectivity index is 2.80. The molecule has 0 N–H and O–H groups in total. The highest BCUT2D eigenvalue weighted by Gasteiger charge is 1.97. The average molecular weight is 133 g/mol. The Labute approximate surface area is 61.5 Å². The van der Waals surface area contributed by atoms with Crippen LogP contribution < -0.4 is 0 Å². The van der Waals surface area contributed by atoms with Crippen molar-refractivity contribution in [2.24, 2.45) is 4.99 Å². The van der Waals surface area contributed by atoms with Gasteiger partial charge >= 0.3 is 0 Å². The molecule has 1 nitrogen and oxygen atoms in total. The fraction of sp³-hybridized carbons (Fsp3) is 0.222. The molecule has 0 aromatic rings. The molecule has 10 heavy (non-hydrogen) atoms. The molecule has 0 fully saturated rings. The van der Waals surface area contributed by atoms with E-state index in [0.29, 0.717) is 0 Å². The Bertz CT molecular complexity index is 219. The van der Waals surface area contributed by atoms with Gasteiger partial charge in [-0.2, -0.15) is 0 Å². The first-order valence-corrected chi connectivity index (χ1v) is 3.43. The number of nitrogens with zero attached hydrogens (tertiary/aromatic N) is 1. The fourth-order valence-electron chi connectivity index (χ4n) is 0.835. The molecule has 1 aliphatic carbocycles. The van der Waals surface area contributed by atoms with Crippen molar-refractivity contribution in [3.05, 3.63) is 36.5 Å². The van der Waals surface area contributed by atoms with Crippen LogP contribution in [0.3, 0.4) is 0 Å². The maximum absolute atomic E-state index is 4.24. The van der Waals surface area contributed by atoms with E-state index in [-0.39, 0.29) is 0 Å². The molecule has 0 saturated heterocycles. The lowest BCUT2D eigenvalue weighted by Gasteiger charge is -2.02. The zero-order valence-corrected chi connectivity index (χ0v) is 6.17. The van der Waals surface area contributed by atoms with Crippen molar-refractivity contribution in [1.29, 1.82) is 0 Å². The third kappa shape index (κ3) is 1.44. The van der Waals surface area contributed by atoms with Crippen LogP contribution in [0.1, 0.15) is 6.92 Å². The lowest BCUT2D eigenvalue weighted by molar-refractivity contribution is 1.13. The predicted octanol–water partition coefficient (Wildman–Crippen LogP) is 2.13. The van der Waals surface area contributed by atoms with Gasteiger partial charge in [0.2, 0.25) is 0 Å². The number of hydrogen-bond acceptors (Lipinski definition) is 1. The second-order valence-corrected chi connectivity index (χ2v) is 2.10. The van der Waals surface area contributed by atoms with Crippen molar-refractivity contribution in [3.8, 4) is 0 Å². The predicted molar refractivity (Wildman–Crippen MR) is 45.4 cm³/mol. The minimum Gasteiger partial charge on any atom is -0.285 e. The van der Waals surface area contributed by atoms with Gasteiger partial charge in [-0.1, -0.05) is 24.8 Å². The van der Waals surface area contributed by atoms with E-state index in [1.54, 1.807) is 0 Å². The van der Waals surface area contributed by atoms with Crippen molar-refractivity contribution < 1.29 is 0 Å². The normalized spacial score (nSPS) is 20.5. The van der Waals surface area contributed by atoms with Gasteiger partial charge in [0.05, 0.1) is 5.71 Å². The van der Waals surface area contributed by atoms with Crippen LogP contribution in [0.5, 0.6) is 0 Å². The van der Waals surface area contributed by atoms with Crippen LogP contribution in [0.15, 0.2) is 41.4 Å². The fourth-order valence-corrected chi connectivity index (χ4v) is 0.835. The molecule has 0 heterocycles. The summed E-state index contributed by atoms with van der Waals surface area (Å²) in [5, 5.41) is 0. The lowest BCUT2D eigenvalue weighted by Crippen LogP contribution is -1.98. The van der Waals surface area contributed by atoms with Crippen LogP contribution in [-0.2, 0) is 0 Å². The molecule has 0 aromatic carbocycles. The van der Waals surface area contributed by atoms with Crippen LogP contribution in [0.25, 0.3) is 0 Å². The summed E-state index contributed by atoms with van der Waals surface area (Å²) >= 11 is 0. The molecule has 0 saturated carbocycles. The Morgan fingerprint density at radius 2 is 2.10 bits per heavy atom. The van der Waals surface area contributed by atoms with Crippen LogP contribution in [-0.4, -0.2) is 12.3 Å². The summed E-state index contributed by atoms with van der Waals surface area (Å²) in [5.74, 6) is 0. The lowest BCUT2D eigenvalue weighted by atomic mass is 10.1. The van der Waals surface area contributed by atoms with Gasteiger partial charge in [0.15, 0.2) is 0 Å². The van der Waals surface area contributed by atoms with Crippen molar-refractivity contribution in [1.82, 2.24) is 0 Å². The first-order valence-electron chi connectivity index (χ1n) is 3.43. The Morgan fingerprint density at radius 3 is 2.70 bits per heavy atom. The highest BCUT2D eigenvalue weighted by atomic mass is 14.7. The number of hydrogen-bond donors (Lipinski definition) is 0. The van der Waals surface area contributed by atoms with Gasteiger partial charge in [0.25, 0.3) is 0 Å². The summed E-state index contributed by atoms with van der Waals surface area (Å²) in [6, 6.07) is 0. The van der Waals surface area contributed by atoms with Gasteiger partial charge in [-0.25, -0.2) is 0 Å². The molecule has 0 aliphatic heterocycles. The van der Waals surface area contributed by atoms with Crippen molar-refractivity contribution in [2.45, 2.75) is 6.92 Å². The maximum Gasteiger partial charge on any atom is 0.0640 e. The third-order valence-corrected chi connectivity index (χ3v) is 1.32. The van der Waals surface area contributed by atoms with Gasteiger partial charge in [-0.15, -0.1) is 0 Å². The summed E-state index contributed by atoms with van der Waals surface area (Å²) < 4.78 is 0. The molecule has 0 bridgehead atoms. The third-order valence-electron chi connectivity index (χ3n) is 1.32. The summed E-state index contributed by atoms with van der Waals surface area (Å²) in [5.41, 5.74) is 2.01. The highest BCUT2D eigenvalue weighted by molar-refractivity contribution is 6.11. The van der Waals surface area contributed by atoms with Crippen LogP contribution >= 0.6 is 0 Å². The second kappa shape index (κ2) is 3.16. The van der Waals surface area contributed by atoms with Crippen molar-refractivity contribution in [2.75, 3.05) is 6.54 Å². The summed E-state index contributed by atoms with van der Waals surface area (Å²) in [4.78, 5) is 4.24. The van der Waals surface area contributed by atoms with E-state index in [4.69, 9.17) is 0 Å². The molecular formula is C9H11N. The van der Waals surface area contributed by atoms with Gasteiger partial charge in [0.1, 0.15) is 0 Å². The van der Waals surface area contributed by atoms with Crippen LogP contribution in [0.4, 0.5) is 0 Å². The molecule has 0 aromatic heterocycles. The van der Waals surface area contributed by atoms with Gasteiger partial charge in [-0.3, -0.25) is 4.99 Å². The molecule has 0 atom stereocenters. The van der Waals surface area contributed by atoms with E-state index in [2.05, 4.69) is 11.6 Å². The molecule has 0 amide bonds. The first-order chi connectivity index (χ1) is 4.84. The van der Waals surface area contributed by atoms with Gasteiger partial charge in [-0.05, 0) is 18.6 Å². The minimum atomic E-state index is 0.826. The van der Waals surface area contributed by atoms with Crippen molar-refractivity contribution >= 4 is 5.71 Å². The van der Waals surface area contributed by atoms with E-state index < -0.39 is 0 Å². The quantitative estimate of drug-likeness (QED) is 0.519.